The molecule has 0 saturated heterocycles. The highest BCUT2D eigenvalue weighted by Crippen LogP contribution is 2.44. The lowest BCUT2D eigenvalue weighted by Gasteiger charge is -2.38. The molecule has 1 saturated carbocycles. The molecular weight excluding hydrogens is 484 g/mol. The van der Waals surface area contributed by atoms with Crippen LogP contribution in [0.5, 0.6) is 0 Å². The number of halogens is 1. The SMILES string of the molecule is CC1CCC(C(C)C)C(O[C@H]2OC(=O)C(Br)=C2Sc2nnc(-c3ccccc3)s2)C1. The Morgan fingerprint density at radius 3 is 2.73 bits per heavy atom. The minimum atomic E-state index is -0.697. The van der Waals surface area contributed by atoms with Gasteiger partial charge in [0.2, 0.25) is 6.29 Å². The van der Waals surface area contributed by atoms with E-state index in [0.717, 1.165) is 32.7 Å². The summed E-state index contributed by atoms with van der Waals surface area (Å²) in [6.07, 6.45) is 2.74. The number of nitrogens with zero attached hydrogens (tertiary/aromatic N) is 2. The number of ether oxygens (including phenoxy) is 2. The van der Waals surface area contributed by atoms with E-state index in [-0.39, 0.29) is 12.1 Å². The standard InChI is InChI=1S/C22H25BrN2O3S2/c1-12(2)15-10-9-13(3)11-16(15)27-21-18(17(23)20(26)28-21)29-22-25-24-19(30-22)14-7-5-4-6-8-14/h4-8,12-13,15-16,21H,9-11H2,1-3H3/t13?,15?,16?,21-/m0/s1. The molecule has 4 atom stereocenters. The molecule has 8 heteroatoms. The van der Waals surface area contributed by atoms with Crippen LogP contribution in [0, 0.1) is 17.8 Å². The lowest BCUT2D eigenvalue weighted by molar-refractivity contribution is -0.179. The fourth-order valence-electron chi connectivity index (χ4n) is 4.06. The summed E-state index contributed by atoms with van der Waals surface area (Å²) in [7, 11) is 0. The van der Waals surface area contributed by atoms with Crippen LogP contribution in [0.15, 0.2) is 44.1 Å². The van der Waals surface area contributed by atoms with Gasteiger partial charge in [-0.15, -0.1) is 10.2 Å². The summed E-state index contributed by atoms with van der Waals surface area (Å²) in [5, 5.41) is 9.45. The fourth-order valence-corrected chi connectivity index (χ4v) is 6.48. The van der Waals surface area contributed by atoms with E-state index in [4.69, 9.17) is 9.47 Å². The van der Waals surface area contributed by atoms with Crippen LogP contribution in [0.1, 0.15) is 40.0 Å². The Kier molecular flexibility index (Phi) is 6.97. The van der Waals surface area contributed by atoms with Gasteiger partial charge < -0.3 is 9.47 Å². The summed E-state index contributed by atoms with van der Waals surface area (Å²) in [6.45, 7) is 6.75. The number of esters is 1. The molecule has 2 aliphatic rings. The molecule has 0 bridgehead atoms. The predicted molar refractivity (Wildman–Crippen MR) is 123 cm³/mol. The van der Waals surface area contributed by atoms with E-state index in [0.29, 0.717) is 22.2 Å². The van der Waals surface area contributed by atoms with Crippen LogP contribution in [-0.2, 0) is 14.3 Å². The second-order valence-electron chi connectivity index (χ2n) is 8.26. The molecule has 0 spiro atoms. The normalized spacial score (nSPS) is 27.0. The molecule has 0 N–H and O–H groups in total. The van der Waals surface area contributed by atoms with E-state index in [1.807, 2.05) is 30.3 Å². The number of cyclic esters (lactones) is 1. The van der Waals surface area contributed by atoms with Gasteiger partial charge in [0, 0.05) is 5.56 Å². The molecule has 2 heterocycles. The first kappa shape index (κ1) is 22.0. The largest absolute Gasteiger partial charge is 0.427 e. The van der Waals surface area contributed by atoms with Crippen molar-refractivity contribution in [2.45, 2.75) is 56.8 Å². The minimum Gasteiger partial charge on any atom is -0.427 e. The molecule has 5 nitrogen and oxygen atoms in total. The van der Waals surface area contributed by atoms with Crippen LogP contribution in [0.3, 0.4) is 0 Å². The van der Waals surface area contributed by atoms with Crippen molar-refractivity contribution in [1.82, 2.24) is 10.2 Å². The molecule has 1 aliphatic carbocycles. The van der Waals surface area contributed by atoms with E-state index < -0.39 is 6.29 Å². The average Bonchev–Trinajstić information content (AvgIpc) is 3.29. The van der Waals surface area contributed by atoms with Crippen LogP contribution in [0.2, 0.25) is 0 Å². The van der Waals surface area contributed by atoms with Crippen molar-refractivity contribution in [1.29, 1.82) is 0 Å². The molecule has 3 unspecified atom stereocenters. The van der Waals surface area contributed by atoms with Crippen LogP contribution in [-0.4, -0.2) is 28.6 Å². The van der Waals surface area contributed by atoms with Crippen molar-refractivity contribution in [3.05, 3.63) is 39.7 Å². The Morgan fingerprint density at radius 1 is 1.23 bits per heavy atom. The number of aromatic nitrogens is 2. The summed E-state index contributed by atoms with van der Waals surface area (Å²) >= 11 is 6.29. The van der Waals surface area contributed by atoms with Gasteiger partial charge in [-0.3, -0.25) is 0 Å². The number of carbonyl (C=O) groups is 1. The molecular formula is C22H25BrN2O3S2. The van der Waals surface area contributed by atoms with E-state index >= 15 is 0 Å². The van der Waals surface area contributed by atoms with Gasteiger partial charge in [0.25, 0.3) is 0 Å². The summed E-state index contributed by atoms with van der Waals surface area (Å²) < 4.78 is 13.2. The first-order valence-corrected chi connectivity index (χ1v) is 12.7. The third-order valence-corrected chi connectivity index (χ3v) is 8.86. The molecule has 30 heavy (non-hydrogen) atoms. The predicted octanol–water partition coefficient (Wildman–Crippen LogP) is 6.26. The van der Waals surface area contributed by atoms with Crippen LogP contribution >= 0.6 is 39.0 Å². The van der Waals surface area contributed by atoms with Crippen LogP contribution in [0.25, 0.3) is 10.6 Å². The number of hydrogen-bond donors (Lipinski definition) is 0. The molecule has 2 aromatic rings. The second kappa shape index (κ2) is 9.51. The van der Waals surface area contributed by atoms with Crippen molar-refractivity contribution in [3.63, 3.8) is 0 Å². The van der Waals surface area contributed by atoms with E-state index in [2.05, 4.69) is 46.9 Å². The molecule has 1 fully saturated rings. The number of benzene rings is 1. The maximum Gasteiger partial charge on any atom is 0.348 e. The van der Waals surface area contributed by atoms with Gasteiger partial charge in [-0.25, -0.2) is 4.79 Å². The zero-order chi connectivity index (χ0) is 21.3. The highest BCUT2D eigenvalue weighted by Gasteiger charge is 2.40. The van der Waals surface area contributed by atoms with Gasteiger partial charge in [0.05, 0.1) is 11.0 Å². The summed E-state index contributed by atoms with van der Waals surface area (Å²) in [6, 6.07) is 9.95. The van der Waals surface area contributed by atoms with Gasteiger partial charge in [0.1, 0.15) is 9.49 Å². The molecule has 160 valence electrons. The highest BCUT2D eigenvalue weighted by atomic mass is 79.9. The maximum atomic E-state index is 12.3. The van der Waals surface area contributed by atoms with Crippen LogP contribution in [0.4, 0.5) is 0 Å². The monoisotopic (exact) mass is 508 g/mol. The Hall–Kier alpha value is -1.22. The Morgan fingerprint density at radius 2 is 2.00 bits per heavy atom. The van der Waals surface area contributed by atoms with Gasteiger partial charge in [-0.1, -0.05) is 80.6 Å². The van der Waals surface area contributed by atoms with E-state index in [1.165, 1.54) is 29.5 Å². The van der Waals surface area contributed by atoms with Crippen LogP contribution < -0.4 is 0 Å². The van der Waals surface area contributed by atoms with E-state index in [1.54, 1.807) is 0 Å². The Bertz CT molecular complexity index is 931. The third kappa shape index (κ3) is 4.82. The Labute approximate surface area is 193 Å². The summed E-state index contributed by atoms with van der Waals surface area (Å²) in [4.78, 5) is 13.0. The van der Waals surface area contributed by atoms with E-state index in [9.17, 15) is 4.79 Å². The third-order valence-electron chi connectivity index (χ3n) is 5.71. The summed E-state index contributed by atoms with van der Waals surface area (Å²) in [5.41, 5.74) is 1.03. The summed E-state index contributed by atoms with van der Waals surface area (Å²) in [5.74, 6) is 1.22. The number of rotatable bonds is 6. The molecule has 0 radical (unpaired) electrons. The first-order chi connectivity index (χ1) is 14.4. The Balaban J connectivity index is 1.51. The van der Waals surface area contributed by atoms with Gasteiger partial charge in [-0.05, 0) is 46.5 Å². The van der Waals surface area contributed by atoms with Gasteiger partial charge in [-0.2, -0.15) is 0 Å². The van der Waals surface area contributed by atoms with Crippen molar-refractivity contribution in [3.8, 4) is 10.6 Å². The molecule has 1 aliphatic heterocycles. The maximum absolute atomic E-state index is 12.3. The minimum absolute atomic E-state index is 0.0786. The lowest BCUT2D eigenvalue weighted by atomic mass is 9.75. The highest BCUT2D eigenvalue weighted by molar-refractivity contribution is 9.12. The topological polar surface area (TPSA) is 61.3 Å². The molecule has 1 aromatic heterocycles. The van der Waals surface area contributed by atoms with Crippen molar-refractivity contribution >= 4 is 45.0 Å². The zero-order valence-corrected chi connectivity index (χ0v) is 20.4. The second-order valence-corrected chi connectivity index (χ2v) is 11.3. The number of thioether (sulfide) groups is 1. The number of hydrogen-bond acceptors (Lipinski definition) is 7. The molecule has 0 amide bonds. The zero-order valence-electron chi connectivity index (χ0n) is 17.2. The number of carbonyl (C=O) groups excluding carboxylic acids is 1. The van der Waals surface area contributed by atoms with Crippen molar-refractivity contribution in [2.75, 3.05) is 0 Å². The van der Waals surface area contributed by atoms with Crippen molar-refractivity contribution in [2.24, 2.45) is 17.8 Å². The van der Waals surface area contributed by atoms with Gasteiger partial charge in [0.15, 0.2) is 4.34 Å². The van der Waals surface area contributed by atoms with Gasteiger partial charge >= 0.3 is 5.97 Å². The lowest BCUT2D eigenvalue weighted by Crippen LogP contribution is -2.37. The molecule has 1 aromatic carbocycles. The quantitative estimate of drug-likeness (QED) is 0.428. The fraction of sp³-hybridized carbons (Fsp3) is 0.500. The molecule has 4 rings (SSSR count). The first-order valence-electron chi connectivity index (χ1n) is 10.2. The smallest absolute Gasteiger partial charge is 0.348 e. The van der Waals surface area contributed by atoms with Crippen molar-refractivity contribution < 1.29 is 14.3 Å². The average molecular weight is 509 g/mol.